The SMILES string of the molecule is O=C(Cc1ccccc1F)Nc1ccc(Nc2ccc(F)cc2)nc1. The van der Waals surface area contributed by atoms with Crippen LogP contribution in [0.2, 0.25) is 0 Å². The Bertz CT molecular complexity index is 865. The molecule has 0 unspecified atom stereocenters. The fourth-order valence-electron chi connectivity index (χ4n) is 2.24. The lowest BCUT2D eigenvalue weighted by Gasteiger charge is -2.08. The van der Waals surface area contributed by atoms with E-state index in [9.17, 15) is 13.6 Å². The van der Waals surface area contributed by atoms with E-state index < -0.39 is 5.82 Å². The number of benzene rings is 2. The molecular formula is C19H15F2N3O. The molecule has 3 rings (SSSR count). The molecule has 6 heteroatoms. The highest BCUT2D eigenvalue weighted by Crippen LogP contribution is 2.17. The van der Waals surface area contributed by atoms with Gasteiger partial charge in [0.1, 0.15) is 17.5 Å². The van der Waals surface area contributed by atoms with E-state index in [-0.39, 0.29) is 18.1 Å². The van der Waals surface area contributed by atoms with Crippen molar-refractivity contribution >= 4 is 23.1 Å². The zero-order chi connectivity index (χ0) is 17.6. The summed E-state index contributed by atoms with van der Waals surface area (Å²) in [6.07, 6.45) is 1.44. The van der Waals surface area contributed by atoms with Gasteiger partial charge in [-0.2, -0.15) is 0 Å². The molecule has 2 aromatic carbocycles. The normalized spacial score (nSPS) is 10.3. The fraction of sp³-hybridized carbons (Fsp3) is 0.0526. The van der Waals surface area contributed by atoms with Crippen LogP contribution in [0.25, 0.3) is 0 Å². The minimum Gasteiger partial charge on any atom is -0.340 e. The number of aromatic nitrogens is 1. The maximum absolute atomic E-state index is 13.5. The van der Waals surface area contributed by atoms with Crippen LogP contribution in [0, 0.1) is 11.6 Å². The van der Waals surface area contributed by atoms with Gasteiger partial charge in [0.15, 0.2) is 0 Å². The van der Waals surface area contributed by atoms with Crippen molar-refractivity contribution in [3.8, 4) is 0 Å². The Morgan fingerprint density at radius 3 is 2.32 bits per heavy atom. The van der Waals surface area contributed by atoms with E-state index in [4.69, 9.17) is 0 Å². The summed E-state index contributed by atoms with van der Waals surface area (Å²) in [7, 11) is 0. The summed E-state index contributed by atoms with van der Waals surface area (Å²) < 4.78 is 26.4. The molecule has 3 aromatic rings. The number of nitrogens with one attached hydrogen (secondary N) is 2. The van der Waals surface area contributed by atoms with E-state index in [1.807, 2.05) is 0 Å². The molecule has 4 nitrogen and oxygen atoms in total. The fourth-order valence-corrected chi connectivity index (χ4v) is 2.24. The van der Waals surface area contributed by atoms with Crippen molar-refractivity contribution in [2.75, 3.05) is 10.6 Å². The Morgan fingerprint density at radius 2 is 1.64 bits per heavy atom. The molecule has 2 N–H and O–H groups in total. The monoisotopic (exact) mass is 339 g/mol. The predicted molar refractivity (Wildman–Crippen MR) is 92.7 cm³/mol. The van der Waals surface area contributed by atoms with Crippen LogP contribution in [-0.2, 0) is 11.2 Å². The highest BCUT2D eigenvalue weighted by Gasteiger charge is 2.08. The van der Waals surface area contributed by atoms with Crippen molar-refractivity contribution in [2.24, 2.45) is 0 Å². The maximum atomic E-state index is 13.5. The second-order valence-corrected chi connectivity index (χ2v) is 5.38. The molecule has 0 aliphatic carbocycles. The number of rotatable bonds is 5. The number of amides is 1. The predicted octanol–water partition coefficient (Wildman–Crippen LogP) is 4.28. The van der Waals surface area contributed by atoms with Crippen LogP contribution in [0.4, 0.5) is 26.0 Å². The molecular weight excluding hydrogens is 324 g/mol. The highest BCUT2D eigenvalue weighted by atomic mass is 19.1. The molecule has 1 aromatic heterocycles. The van der Waals surface area contributed by atoms with Gasteiger partial charge < -0.3 is 10.6 Å². The van der Waals surface area contributed by atoms with Crippen LogP contribution in [0.3, 0.4) is 0 Å². The molecule has 1 heterocycles. The number of hydrogen-bond donors (Lipinski definition) is 2. The first kappa shape index (κ1) is 16.6. The average molecular weight is 339 g/mol. The standard InChI is InChI=1S/C19H15F2N3O/c20-14-5-7-15(8-6-14)23-18-10-9-16(12-22-18)24-19(25)11-13-3-1-2-4-17(13)21/h1-10,12H,11H2,(H,22,23)(H,24,25). The lowest BCUT2D eigenvalue weighted by molar-refractivity contribution is -0.115. The first-order valence-electron chi connectivity index (χ1n) is 7.62. The molecule has 25 heavy (non-hydrogen) atoms. The van der Waals surface area contributed by atoms with Gasteiger partial charge in [0, 0.05) is 5.69 Å². The number of hydrogen-bond acceptors (Lipinski definition) is 3. The summed E-state index contributed by atoms with van der Waals surface area (Å²) in [6.45, 7) is 0. The molecule has 0 aliphatic rings. The largest absolute Gasteiger partial charge is 0.340 e. The van der Waals surface area contributed by atoms with Gasteiger partial charge >= 0.3 is 0 Å². The molecule has 126 valence electrons. The number of halogens is 2. The number of carbonyl (C=O) groups is 1. The van der Waals surface area contributed by atoms with Gasteiger partial charge in [-0.15, -0.1) is 0 Å². The Balaban J connectivity index is 1.59. The first-order valence-corrected chi connectivity index (χ1v) is 7.62. The Labute approximate surface area is 143 Å². The lowest BCUT2D eigenvalue weighted by atomic mass is 10.1. The summed E-state index contributed by atoms with van der Waals surface area (Å²) in [5.41, 5.74) is 1.54. The average Bonchev–Trinajstić information content (AvgIpc) is 2.61. The third-order valence-corrected chi connectivity index (χ3v) is 3.47. The quantitative estimate of drug-likeness (QED) is 0.729. The van der Waals surface area contributed by atoms with Crippen LogP contribution < -0.4 is 10.6 Å². The smallest absolute Gasteiger partial charge is 0.228 e. The molecule has 0 bridgehead atoms. The third-order valence-electron chi connectivity index (χ3n) is 3.47. The van der Waals surface area contributed by atoms with Crippen molar-refractivity contribution in [1.29, 1.82) is 0 Å². The number of anilines is 3. The van der Waals surface area contributed by atoms with Crippen molar-refractivity contribution < 1.29 is 13.6 Å². The lowest BCUT2D eigenvalue weighted by Crippen LogP contribution is -2.15. The topological polar surface area (TPSA) is 54.0 Å². The summed E-state index contributed by atoms with van der Waals surface area (Å²) in [5, 5.41) is 5.69. The Hall–Kier alpha value is -3.28. The van der Waals surface area contributed by atoms with E-state index in [2.05, 4.69) is 15.6 Å². The number of nitrogens with zero attached hydrogens (tertiary/aromatic N) is 1. The molecule has 0 atom stereocenters. The van der Waals surface area contributed by atoms with E-state index in [1.54, 1.807) is 42.5 Å². The molecule has 0 saturated heterocycles. The van der Waals surface area contributed by atoms with Crippen LogP contribution in [0.1, 0.15) is 5.56 Å². The minimum absolute atomic E-state index is 0.0533. The minimum atomic E-state index is -0.408. The van der Waals surface area contributed by atoms with Crippen molar-refractivity contribution in [3.05, 3.63) is 84.1 Å². The molecule has 1 amide bonds. The van der Waals surface area contributed by atoms with Gasteiger partial charge in [0.2, 0.25) is 5.91 Å². The molecule has 0 aliphatic heterocycles. The summed E-state index contributed by atoms with van der Waals surface area (Å²) in [6, 6.07) is 15.4. The van der Waals surface area contributed by atoms with Crippen LogP contribution >= 0.6 is 0 Å². The summed E-state index contributed by atoms with van der Waals surface area (Å²) in [4.78, 5) is 16.2. The van der Waals surface area contributed by atoms with Gasteiger partial charge in [0.05, 0.1) is 18.3 Å². The number of carbonyl (C=O) groups excluding carboxylic acids is 1. The third kappa shape index (κ3) is 4.60. The van der Waals surface area contributed by atoms with E-state index in [0.717, 1.165) is 0 Å². The second kappa shape index (κ2) is 7.53. The molecule has 0 fully saturated rings. The van der Waals surface area contributed by atoms with E-state index >= 15 is 0 Å². The van der Waals surface area contributed by atoms with E-state index in [1.165, 1.54) is 24.4 Å². The zero-order valence-electron chi connectivity index (χ0n) is 13.2. The van der Waals surface area contributed by atoms with Crippen LogP contribution in [0.5, 0.6) is 0 Å². The van der Waals surface area contributed by atoms with Crippen molar-refractivity contribution in [1.82, 2.24) is 4.98 Å². The van der Waals surface area contributed by atoms with Crippen molar-refractivity contribution in [3.63, 3.8) is 0 Å². The van der Waals surface area contributed by atoms with Crippen LogP contribution in [-0.4, -0.2) is 10.9 Å². The summed E-state index contributed by atoms with van der Waals surface area (Å²) >= 11 is 0. The van der Waals surface area contributed by atoms with Gasteiger partial charge in [-0.1, -0.05) is 18.2 Å². The maximum Gasteiger partial charge on any atom is 0.228 e. The van der Waals surface area contributed by atoms with Gasteiger partial charge in [-0.3, -0.25) is 4.79 Å². The Kier molecular flexibility index (Phi) is 4.99. The van der Waals surface area contributed by atoms with Gasteiger partial charge in [0.25, 0.3) is 0 Å². The molecule has 0 radical (unpaired) electrons. The zero-order valence-corrected chi connectivity index (χ0v) is 13.2. The van der Waals surface area contributed by atoms with Gasteiger partial charge in [-0.25, -0.2) is 13.8 Å². The Morgan fingerprint density at radius 1 is 0.920 bits per heavy atom. The highest BCUT2D eigenvalue weighted by molar-refractivity contribution is 5.92. The van der Waals surface area contributed by atoms with Crippen molar-refractivity contribution in [2.45, 2.75) is 6.42 Å². The van der Waals surface area contributed by atoms with Crippen LogP contribution in [0.15, 0.2) is 66.9 Å². The van der Waals surface area contributed by atoms with E-state index in [0.29, 0.717) is 22.8 Å². The number of pyridine rings is 1. The summed E-state index contributed by atoms with van der Waals surface area (Å²) in [5.74, 6) is -0.495. The second-order valence-electron chi connectivity index (χ2n) is 5.38. The molecule has 0 saturated carbocycles. The first-order chi connectivity index (χ1) is 12.1. The van der Waals surface area contributed by atoms with Gasteiger partial charge in [-0.05, 0) is 48.0 Å². The molecule has 0 spiro atoms.